The average Bonchev–Trinajstić information content (AvgIpc) is 2.50. The molecule has 1 atom stereocenters. The van der Waals surface area contributed by atoms with Crippen molar-refractivity contribution >= 4 is 15.9 Å². The molecule has 0 saturated carbocycles. The van der Waals surface area contributed by atoms with E-state index < -0.39 is 0 Å². The summed E-state index contributed by atoms with van der Waals surface area (Å²) in [7, 11) is 4.16. The van der Waals surface area contributed by atoms with E-state index in [1.807, 2.05) is 31.4 Å². The van der Waals surface area contributed by atoms with Crippen molar-refractivity contribution in [3.05, 3.63) is 64.4 Å². The Hall–Kier alpha value is -1.23. The third kappa shape index (κ3) is 4.92. The van der Waals surface area contributed by atoms with Gasteiger partial charge >= 0.3 is 0 Å². The predicted molar refractivity (Wildman–Crippen MR) is 91.1 cm³/mol. The molecule has 112 valence electrons. The van der Waals surface area contributed by atoms with Crippen LogP contribution < -0.4 is 5.32 Å². The molecule has 0 fully saturated rings. The quantitative estimate of drug-likeness (QED) is 0.828. The van der Waals surface area contributed by atoms with Crippen molar-refractivity contribution in [2.45, 2.75) is 19.0 Å². The van der Waals surface area contributed by atoms with Crippen LogP contribution >= 0.6 is 15.9 Å². The van der Waals surface area contributed by atoms with Gasteiger partial charge in [-0.25, -0.2) is 0 Å². The van der Waals surface area contributed by atoms with Crippen LogP contribution in [0.5, 0.6) is 0 Å². The summed E-state index contributed by atoms with van der Waals surface area (Å²) in [5.74, 6) is 0. The van der Waals surface area contributed by atoms with Crippen LogP contribution in [0.25, 0.3) is 0 Å². The molecule has 1 N–H and O–H groups in total. The van der Waals surface area contributed by atoms with E-state index in [-0.39, 0.29) is 0 Å². The lowest BCUT2D eigenvalue weighted by atomic mass is 10.0. The first-order valence-electron chi connectivity index (χ1n) is 7.21. The Bertz CT molecular complexity index is 545. The van der Waals surface area contributed by atoms with Crippen molar-refractivity contribution in [2.75, 3.05) is 20.6 Å². The van der Waals surface area contributed by atoms with Gasteiger partial charge in [0, 0.05) is 29.8 Å². The minimum atomic E-state index is 0.353. The van der Waals surface area contributed by atoms with Crippen LogP contribution in [0.3, 0.4) is 0 Å². The van der Waals surface area contributed by atoms with E-state index >= 15 is 0 Å². The van der Waals surface area contributed by atoms with Crippen molar-refractivity contribution in [2.24, 2.45) is 0 Å². The second kappa shape index (κ2) is 8.27. The Kier molecular flexibility index (Phi) is 6.36. The van der Waals surface area contributed by atoms with Gasteiger partial charge < -0.3 is 10.2 Å². The zero-order chi connectivity index (χ0) is 15.1. The van der Waals surface area contributed by atoms with Crippen LogP contribution in [-0.2, 0) is 6.54 Å². The molecule has 0 bridgehead atoms. The Balaban J connectivity index is 1.90. The minimum absolute atomic E-state index is 0.353. The monoisotopic (exact) mass is 347 g/mol. The zero-order valence-corrected chi connectivity index (χ0v) is 14.2. The number of pyridine rings is 1. The summed E-state index contributed by atoms with van der Waals surface area (Å²) < 4.78 is 1.16. The lowest BCUT2D eigenvalue weighted by Gasteiger charge is -2.22. The van der Waals surface area contributed by atoms with E-state index in [0.717, 1.165) is 29.7 Å². The molecule has 0 spiro atoms. The molecule has 0 amide bonds. The standard InChI is InChI=1S/C17H22BrN3/c1-19-17(15-8-3-4-9-16(15)18)10-12-21(2)13-14-7-5-6-11-20-14/h3-9,11,17,19H,10,12-13H2,1-2H3. The third-order valence-electron chi connectivity index (χ3n) is 3.59. The van der Waals surface area contributed by atoms with Gasteiger partial charge in [-0.15, -0.1) is 0 Å². The van der Waals surface area contributed by atoms with Crippen LogP contribution in [0, 0.1) is 0 Å². The van der Waals surface area contributed by atoms with Crippen LogP contribution in [0.2, 0.25) is 0 Å². The highest BCUT2D eigenvalue weighted by Crippen LogP contribution is 2.25. The highest BCUT2D eigenvalue weighted by Gasteiger charge is 2.13. The minimum Gasteiger partial charge on any atom is -0.313 e. The van der Waals surface area contributed by atoms with Gasteiger partial charge in [0.1, 0.15) is 0 Å². The van der Waals surface area contributed by atoms with Crippen molar-refractivity contribution in [1.82, 2.24) is 15.2 Å². The first kappa shape index (κ1) is 16.1. The normalized spacial score (nSPS) is 12.6. The number of halogens is 1. The molecule has 21 heavy (non-hydrogen) atoms. The van der Waals surface area contributed by atoms with Gasteiger partial charge in [0.2, 0.25) is 0 Å². The summed E-state index contributed by atoms with van der Waals surface area (Å²) in [6, 6.07) is 14.8. The molecule has 0 saturated heterocycles. The number of benzene rings is 1. The second-order valence-corrected chi connectivity index (χ2v) is 6.06. The number of hydrogen-bond donors (Lipinski definition) is 1. The smallest absolute Gasteiger partial charge is 0.0543 e. The van der Waals surface area contributed by atoms with E-state index in [9.17, 15) is 0 Å². The third-order valence-corrected chi connectivity index (χ3v) is 4.31. The molecule has 0 aliphatic carbocycles. The van der Waals surface area contributed by atoms with Crippen LogP contribution in [-0.4, -0.2) is 30.5 Å². The van der Waals surface area contributed by atoms with Crippen LogP contribution in [0.15, 0.2) is 53.1 Å². The molecular formula is C17H22BrN3. The Morgan fingerprint density at radius 1 is 1.19 bits per heavy atom. The van der Waals surface area contributed by atoms with Gasteiger partial charge in [-0.05, 0) is 44.3 Å². The van der Waals surface area contributed by atoms with Gasteiger partial charge in [-0.3, -0.25) is 4.98 Å². The van der Waals surface area contributed by atoms with Crippen LogP contribution in [0.1, 0.15) is 23.7 Å². The van der Waals surface area contributed by atoms with Gasteiger partial charge in [0.05, 0.1) is 5.69 Å². The van der Waals surface area contributed by atoms with Gasteiger partial charge in [0.25, 0.3) is 0 Å². The lowest BCUT2D eigenvalue weighted by Crippen LogP contribution is -2.25. The first-order chi connectivity index (χ1) is 10.2. The highest BCUT2D eigenvalue weighted by molar-refractivity contribution is 9.10. The van der Waals surface area contributed by atoms with Crippen molar-refractivity contribution in [3.8, 4) is 0 Å². The molecule has 0 aliphatic rings. The Labute approximate surface area is 135 Å². The number of nitrogens with one attached hydrogen (secondary N) is 1. The maximum atomic E-state index is 4.37. The topological polar surface area (TPSA) is 28.2 Å². The summed E-state index contributed by atoms with van der Waals surface area (Å²) in [4.78, 5) is 6.68. The summed E-state index contributed by atoms with van der Waals surface area (Å²) >= 11 is 3.63. The van der Waals surface area contributed by atoms with E-state index in [4.69, 9.17) is 0 Å². The molecule has 0 aliphatic heterocycles. The predicted octanol–water partition coefficient (Wildman–Crippen LogP) is 3.63. The van der Waals surface area contributed by atoms with E-state index in [2.05, 4.69) is 62.4 Å². The highest BCUT2D eigenvalue weighted by atomic mass is 79.9. The Morgan fingerprint density at radius 3 is 2.62 bits per heavy atom. The van der Waals surface area contributed by atoms with E-state index in [1.54, 1.807) is 0 Å². The number of hydrogen-bond acceptors (Lipinski definition) is 3. The molecule has 3 nitrogen and oxygen atoms in total. The fraction of sp³-hybridized carbons (Fsp3) is 0.353. The maximum Gasteiger partial charge on any atom is 0.0543 e. The largest absolute Gasteiger partial charge is 0.313 e. The maximum absolute atomic E-state index is 4.37. The molecule has 1 heterocycles. The van der Waals surface area contributed by atoms with E-state index in [1.165, 1.54) is 5.56 Å². The van der Waals surface area contributed by atoms with Crippen molar-refractivity contribution < 1.29 is 0 Å². The summed E-state index contributed by atoms with van der Waals surface area (Å²) in [5.41, 5.74) is 2.42. The number of rotatable bonds is 7. The van der Waals surface area contributed by atoms with Crippen LogP contribution in [0.4, 0.5) is 0 Å². The number of aromatic nitrogens is 1. The van der Waals surface area contributed by atoms with Gasteiger partial charge in [-0.2, -0.15) is 0 Å². The molecule has 1 aromatic carbocycles. The van der Waals surface area contributed by atoms with Crippen molar-refractivity contribution in [3.63, 3.8) is 0 Å². The lowest BCUT2D eigenvalue weighted by molar-refractivity contribution is 0.300. The molecule has 1 unspecified atom stereocenters. The summed E-state index contributed by atoms with van der Waals surface area (Å²) in [5, 5.41) is 3.41. The summed E-state index contributed by atoms with van der Waals surface area (Å²) in [6.45, 7) is 1.90. The molecule has 2 rings (SSSR count). The molecule has 2 aromatic rings. The number of nitrogens with zero attached hydrogens (tertiary/aromatic N) is 2. The van der Waals surface area contributed by atoms with Gasteiger partial charge in [-0.1, -0.05) is 40.2 Å². The fourth-order valence-corrected chi connectivity index (χ4v) is 2.97. The first-order valence-corrected chi connectivity index (χ1v) is 8.00. The average molecular weight is 348 g/mol. The summed E-state index contributed by atoms with van der Waals surface area (Å²) in [6.07, 6.45) is 2.91. The van der Waals surface area contributed by atoms with E-state index in [0.29, 0.717) is 6.04 Å². The fourth-order valence-electron chi connectivity index (χ4n) is 2.41. The SMILES string of the molecule is CNC(CCN(C)Cc1ccccn1)c1ccccc1Br. The second-order valence-electron chi connectivity index (χ2n) is 5.21. The zero-order valence-electron chi connectivity index (χ0n) is 12.6. The van der Waals surface area contributed by atoms with Gasteiger partial charge in [0.15, 0.2) is 0 Å². The molecule has 0 radical (unpaired) electrons. The molecule has 4 heteroatoms. The van der Waals surface area contributed by atoms with Crippen molar-refractivity contribution in [1.29, 1.82) is 0 Å². The molecular weight excluding hydrogens is 326 g/mol. The molecule has 1 aromatic heterocycles. The Morgan fingerprint density at radius 2 is 1.95 bits per heavy atom.